The Morgan fingerprint density at radius 3 is 2.52 bits per heavy atom. The van der Waals surface area contributed by atoms with Crippen LogP contribution in [-0.4, -0.2) is 27.4 Å². The van der Waals surface area contributed by atoms with Crippen LogP contribution in [0.1, 0.15) is 52.4 Å². The Morgan fingerprint density at radius 2 is 2.13 bits per heavy atom. The van der Waals surface area contributed by atoms with Crippen molar-refractivity contribution in [2.45, 2.75) is 57.7 Å². The Kier molecular flexibility index (Phi) is 7.36. The Labute approximate surface area is 138 Å². The van der Waals surface area contributed by atoms with Crippen LogP contribution in [-0.2, 0) is 14.2 Å². The van der Waals surface area contributed by atoms with Gasteiger partial charge in [0, 0.05) is 12.8 Å². The lowest BCUT2D eigenvalue weighted by atomic mass is 9.80. The first-order chi connectivity index (χ1) is 10.7. The molecule has 0 aromatic rings. The molecule has 130 valence electrons. The number of hydrogen-bond donors (Lipinski definition) is 3. The summed E-state index contributed by atoms with van der Waals surface area (Å²) in [6, 6.07) is 0. The van der Waals surface area contributed by atoms with E-state index in [1.165, 1.54) is 0 Å². The topological polar surface area (TPSA) is 118 Å². The minimum atomic E-state index is -1.85. The fraction of sp³-hybridized carbons (Fsp3) is 0.750. The van der Waals surface area contributed by atoms with Gasteiger partial charge in [0.05, 0.1) is 0 Å². The van der Waals surface area contributed by atoms with Crippen LogP contribution in [0.3, 0.4) is 0 Å². The van der Waals surface area contributed by atoms with Crippen LogP contribution in [0, 0.1) is 17.8 Å². The molecule has 6 nitrogen and oxygen atoms in total. The molecule has 0 saturated heterocycles. The van der Waals surface area contributed by atoms with Crippen molar-refractivity contribution < 1.29 is 24.4 Å². The number of carboxylic acids is 1. The van der Waals surface area contributed by atoms with E-state index in [1.807, 2.05) is 6.08 Å². The molecule has 1 rings (SSSR count). The van der Waals surface area contributed by atoms with Gasteiger partial charge in [-0.25, -0.2) is 0 Å². The van der Waals surface area contributed by atoms with E-state index >= 15 is 0 Å². The van der Waals surface area contributed by atoms with Gasteiger partial charge < -0.3 is 15.9 Å². The molecule has 0 radical (unpaired) electrons. The van der Waals surface area contributed by atoms with Gasteiger partial charge in [-0.2, -0.15) is 0 Å². The Balaban J connectivity index is 2.84. The van der Waals surface area contributed by atoms with E-state index in [0.29, 0.717) is 11.8 Å². The largest absolute Gasteiger partial charge is 0.481 e. The summed E-state index contributed by atoms with van der Waals surface area (Å²) >= 11 is 0. The molecular formula is C16H27NO5P+. The summed E-state index contributed by atoms with van der Waals surface area (Å²) in [5, 5.41) is 18.1. The molecule has 4 N–H and O–H groups in total. The van der Waals surface area contributed by atoms with Crippen LogP contribution in [0.15, 0.2) is 11.6 Å². The SMILES string of the molecule is CC(C)C1CC=C(CC(O)([PH+]=O)C(CCC(N)=O)C(=O)O)CC1. The number of nitrogens with two attached hydrogens (primary N) is 1. The van der Waals surface area contributed by atoms with Gasteiger partial charge >= 0.3 is 14.4 Å². The van der Waals surface area contributed by atoms with Crippen molar-refractivity contribution in [3.05, 3.63) is 11.6 Å². The molecule has 7 heteroatoms. The van der Waals surface area contributed by atoms with Gasteiger partial charge in [0.15, 0.2) is 0 Å². The first kappa shape index (κ1) is 19.8. The minimum Gasteiger partial charge on any atom is -0.481 e. The number of aliphatic hydroxyl groups is 1. The quantitative estimate of drug-likeness (QED) is 0.438. The molecule has 0 bridgehead atoms. The molecule has 0 spiro atoms. The molecule has 0 fully saturated rings. The number of rotatable bonds is 9. The third-order valence-corrected chi connectivity index (χ3v) is 5.59. The number of hydrogen-bond acceptors (Lipinski definition) is 4. The van der Waals surface area contributed by atoms with E-state index in [0.717, 1.165) is 24.8 Å². The van der Waals surface area contributed by atoms with Gasteiger partial charge in [-0.3, -0.25) is 9.59 Å². The van der Waals surface area contributed by atoms with Crippen LogP contribution in [0.2, 0.25) is 0 Å². The molecule has 1 amide bonds. The monoisotopic (exact) mass is 344 g/mol. The molecule has 0 aromatic heterocycles. The van der Waals surface area contributed by atoms with Crippen molar-refractivity contribution in [3.63, 3.8) is 0 Å². The van der Waals surface area contributed by atoms with E-state index in [1.54, 1.807) is 0 Å². The Morgan fingerprint density at radius 1 is 1.48 bits per heavy atom. The third kappa shape index (κ3) is 5.70. The average Bonchev–Trinajstić information content (AvgIpc) is 2.47. The summed E-state index contributed by atoms with van der Waals surface area (Å²) in [7, 11) is -1.18. The Bertz CT molecular complexity index is 491. The lowest BCUT2D eigenvalue weighted by molar-refractivity contribution is -0.147. The van der Waals surface area contributed by atoms with Crippen molar-refractivity contribution in [3.8, 4) is 0 Å². The van der Waals surface area contributed by atoms with Crippen LogP contribution < -0.4 is 5.73 Å². The van der Waals surface area contributed by atoms with Crippen LogP contribution >= 0.6 is 8.46 Å². The Hall–Kier alpha value is -1.26. The first-order valence-electron chi connectivity index (χ1n) is 8.00. The molecule has 4 atom stereocenters. The molecule has 4 unspecified atom stereocenters. The van der Waals surface area contributed by atoms with Crippen molar-refractivity contribution in [1.82, 2.24) is 0 Å². The second kappa shape index (κ2) is 8.55. The summed E-state index contributed by atoms with van der Waals surface area (Å²) in [6.07, 6.45) is 4.49. The van der Waals surface area contributed by atoms with Crippen LogP contribution in [0.4, 0.5) is 0 Å². The second-order valence-electron chi connectivity index (χ2n) is 6.74. The fourth-order valence-electron chi connectivity index (χ4n) is 3.10. The third-order valence-electron chi connectivity index (χ3n) is 4.72. The maximum atomic E-state index is 11.6. The number of carbonyl (C=O) groups excluding carboxylic acids is 1. The van der Waals surface area contributed by atoms with E-state index in [4.69, 9.17) is 5.73 Å². The highest BCUT2D eigenvalue weighted by atomic mass is 31.1. The summed E-state index contributed by atoms with van der Waals surface area (Å²) in [4.78, 5) is 22.3. The average molecular weight is 344 g/mol. The lowest BCUT2D eigenvalue weighted by Crippen LogP contribution is -2.39. The second-order valence-corrected chi connectivity index (χ2v) is 7.81. The van der Waals surface area contributed by atoms with Crippen molar-refractivity contribution in [1.29, 1.82) is 0 Å². The zero-order chi connectivity index (χ0) is 17.6. The zero-order valence-electron chi connectivity index (χ0n) is 13.7. The number of allylic oxidation sites excluding steroid dienone is 1. The fourth-order valence-corrected chi connectivity index (χ4v) is 3.81. The number of aliphatic carboxylic acids is 1. The van der Waals surface area contributed by atoms with E-state index in [9.17, 15) is 24.4 Å². The van der Waals surface area contributed by atoms with Crippen LogP contribution in [0.25, 0.3) is 0 Å². The predicted octanol–water partition coefficient (Wildman–Crippen LogP) is 2.44. The summed E-state index contributed by atoms with van der Waals surface area (Å²) in [6.45, 7) is 4.34. The first-order valence-corrected chi connectivity index (χ1v) is 8.91. The smallest absolute Gasteiger partial charge is 0.360 e. The number of carboxylic acid groups (broad SMARTS) is 1. The molecule has 23 heavy (non-hydrogen) atoms. The highest BCUT2D eigenvalue weighted by Gasteiger charge is 2.49. The van der Waals surface area contributed by atoms with E-state index in [2.05, 4.69) is 13.8 Å². The van der Waals surface area contributed by atoms with Crippen molar-refractivity contribution >= 4 is 20.3 Å². The maximum Gasteiger partial charge on any atom is 0.360 e. The molecular weight excluding hydrogens is 317 g/mol. The lowest BCUT2D eigenvalue weighted by Gasteiger charge is -2.28. The standard InChI is InChI=1S/C16H26NO5P/c1-10(2)12-5-3-11(4-6-12)9-16(21,23-22)13(15(19)20)7-8-14(17)18/h3,10,12-13,21H,4-9H2,1-2H3,(H2,17,18)(H,19,20)/p+1. The number of amides is 1. The minimum absolute atomic E-state index is 0.0650. The summed E-state index contributed by atoms with van der Waals surface area (Å²) < 4.78 is 11.6. The molecule has 0 aromatic carbocycles. The van der Waals surface area contributed by atoms with Gasteiger partial charge in [0.1, 0.15) is 5.92 Å². The van der Waals surface area contributed by atoms with Gasteiger partial charge in [0.2, 0.25) is 5.91 Å². The zero-order valence-corrected chi connectivity index (χ0v) is 14.7. The van der Waals surface area contributed by atoms with E-state index in [-0.39, 0.29) is 19.3 Å². The summed E-state index contributed by atoms with van der Waals surface area (Å²) in [5.41, 5.74) is 6.00. The molecule has 0 aliphatic heterocycles. The normalized spacial score (nSPS) is 22.4. The van der Waals surface area contributed by atoms with Gasteiger partial charge in [-0.1, -0.05) is 30.1 Å². The highest BCUT2D eigenvalue weighted by molar-refractivity contribution is 7.25. The van der Waals surface area contributed by atoms with Crippen molar-refractivity contribution in [2.75, 3.05) is 0 Å². The maximum absolute atomic E-state index is 11.6. The van der Waals surface area contributed by atoms with Crippen molar-refractivity contribution in [2.24, 2.45) is 23.5 Å². The summed E-state index contributed by atoms with van der Waals surface area (Å²) in [5.74, 6) is -1.99. The van der Waals surface area contributed by atoms with Gasteiger partial charge in [-0.15, -0.1) is 0 Å². The molecule has 1 aliphatic rings. The van der Waals surface area contributed by atoms with Gasteiger partial charge in [-0.05, 0) is 37.5 Å². The number of primary amides is 1. The molecule has 0 heterocycles. The van der Waals surface area contributed by atoms with Gasteiger partial charge in [0.25, 0.3) is 5.34 Å². The number of carbonyl (C=O) groups is 2. The van der Waals surface area contributed by atoms with E-state index < -0.39 is 31.6 Å². The highest BCUT2D eigenvalue weighted by Crippen LogP contribution is 2.41. The molecule has 1 aliphatic carbocycles. The van der Waals surface area contributed by atoms with Crippen LogP contribution in [0.5, 0.6) is 0 Å². The molecule has 0 saturated carbocycles. The predicted molar refractivity (Wildman–Crippen MR) is 88.4 cm³/mol.